The largest absolute Gasteiger partial charge is 0.338 e. The smallest absolute Gasteiger partial charge is 0.225 e. The average molecular weight is 334 g/mol. The van der Waals surface area contributed by atoms with Crippen LogP contribution in [-0.2, 0) is 0 Å². The lowest BCUT2D eigenvalue weighted by Crippen LogP contribution is -2.48. The maximum atomic E-state index is 4.38. The summed E-state index contributed by atoms with van der Waals surface area (Å²) in [6.45, 7) is 5.49. The minimum atomic E-state index is 0.778. The molecule has 0 radical (unpaired) electrons. The predicted octanol–water partition coefficient (Wildman–Crippen LogP) is 3.48. The zero-order valence-corrected chi connectivity index (χ0v) is 14.7. The van der Waals surface area contributed by atoms with E-state index in [2.05, 4.69) is 56.2 Å². The van der Waals surface area contributed by atoms with Crippen LogP contribution in [0.25, 0.3) is 5.57 Å². The van der Waals surface area contributed by atoms with E-state index < -0.39 is 0 Å². The first kappa shape index (κ1) is 16.3. The Bertz CT molecular complexity index is 690. The average Bonchev–Trinajstić information content (AvgIpc) is 2.70. The van der Waals surface area contributed by atoms with Gasteiger partial charge in [0.05, 0.1) is 0 Å². The number of hydrogen-bond donors (Lipinski definition) is 0. The molecule has 0 spiro atoms. The van der Waals surface area contributed by atoms with Gasteiger partial charge in [0.2, 0.25) is 5.95 Å². The highest BCUT2D eigenvalue weighted by Crippen LogP contribution is 2.31. The third-order valence-electron chi connectivity index (χ3n) is 5.34. The van der Waals surface area contributed by atoms with E-state index >= 15 is 0 Å². The van der Waals surface area contributed by atoms with E-state index in [1.165, 1.54) is 36.9 Å². The van der Waals surface area contributed by atoms with Crippen molar-refractivity contribution < 1.29 is 0 Å². The van der Waals surface area contributed by atoms with Gasteiger partial charge in [0, 0.05) is 45.1 Å². The van der Waals surface area contributed by atoms with Gasteiger partial charge in [0.15, 0.2) is 0 Å². The third-order valence-corrected chi connectivity index (χ3v) is 5.34. The van der Waals surface area contributed by atoms with Crippen LogP contribution in [0.2, 0.25) is 0 Å². The molecule has 2 aliphatic rings. The fourth-order valence-electron chi connectivity index (χ4n) is 3.98. The molecular formula is C21H26N4. The summed E-state index contributed by atoms with van der Waals surface area (Å²) in [5, 5.41) is 0. The van der Waals surface area contributed by atoms with E-state index in [4.69, 9.17) is 0 Å². The zero-order valence-electron chi connectivity index (χ0n) is 14.7. The highest BCUT2D eigenvalue weighted by Gasteiger charge is 2.23. The Hall–Kier alpha value is -2.20. The number of allylic oxidation sites excluding steroid dienone is 2. The van der Waals surface area contributed by atoms with Crippen LogP contribution in [0.15, 0.2) is 54.9 Å². The molecule has 1 aromatic carbocycles. The molecule has 2 heterocycles. The van der Waals surface area contributed by atoms with E-state index in [1.54, 1.807) is 0 Å². The van der Waals surface area contributed by atoms with Crippen LogP contribution >= 0.6 is 0 Å². The molecule has 0 N–H and O–H groups in total. The number of rotatable bonds is 4. The second-order valence-electron chi connectivity index (χ2n) is 7.08. The lowest BCUT2D eigenvalue weighted by molar-refractivity contribution is 0.212. The molecule has 0 amide bonds. The van der Waals surface area contributed by atoms with Crippen molar-refractivity contribution in [3.05, 3.63) is 60.4 Å². The monoisotopic (exact) mass is 334 g/mol. The van der Waals surface area contributed by atoms with Gasteiger partial charge in [-0.1, -0.05) is 36.4 Å². The van der Waals surface area contributed by atoms with E-state index in [1.807, 2.05) is 18.5 Å². The van der Waals surface area contributed by atoms with Gasteiger partial charge in [-0.05, 0) is 42.4 Å². The van der Waals surface area contributed by atoms with Crippen molar-refractivity contribution in [2.24, 2.45) is 5.92 Å². The molecule has 1 atom stereocenters. The normalized spacial score (nSPS) is 21.8. The molecule has 4 rings (SSSR count). The molecule has 1 aliphatic heterocycles. The van der Waals surface area contributed by atoms with Crippen molar-refractivity contribution in [3.63, 3.8) is 0 Å². The molecule has 2 aromatic rings. The van der Waals surface area contributed by atoms with E-state index in [0.717, 1.165) is 38.0 Å². The molecule has 1 saturated heterocycles. The van der Waals surface area contributed by atoms with Gasteiger partial charge in [-0.15, -0.1) is 0 Å². The van der Waals surface area contributed by atoms with Gasteiger partial charge < -0.3 is 4.90 Å². The van der Waals surface area contributed by atoms with Crippen molar-refractivity contribution in [2.75, 3.05) is 37.6 Å². The maximum absolute atomic E-state index is 4.38. The first-order valence-electron chi connectivity index (χ1n) is 9.37. The van der Waals surface area contributed by atoms with Gasteiger partial charge >= 0.3 is 0 Å². The van der Waals surface area contributed by atoms with Gasteiger partial charge in [-0.3, -0.25) is 4.90 Å². The Morgan fingerprint density at radius 2 is 1.68 bits per heavy atom. The van der Waals surface area contributed by atoms with Crippen LogP contribution in [0.5, 0.6) is 0 Å². The third kappa shape index (κ3) is 4.07. The lowest BCUT2D eigenvalue weighted by Gasteiger charge is -2.37. The van der Waals surface area contributed by atoms with Crippen molar-refractivity contribution >= 4 is 11.5 Å². The molecule has 4 heteroatoms. The minimum Gasteiger partial charge on any atom is -0.338 e. The summed E-state index contributed by atoms with van der Waals surface area (Å²) in [4.78, 5) is 13.7. The Kier molecular flexibility index (Phi) is 5.07. The standard InChI is InChI=1S/C21H26N4/c1-2-7-19(8-3-1)20-9-4-6-18(16-20)17-24-12-14-25(15-13-24)21-22-10-5-11-23-21/h1-3,5,7-11,18H,4,6,12-17H2. The van der Waals surface area contributed by atoms with Crippen molar-refractivity contribution in [1.29, 1.82) is 0 Å². The van der Waals surface area contributed by atoms with Crippen LogP contribution in [0, 0.1) is 5.92 Å². The zero-order chi connectivity index (χ0) is 16.9. The van der Waals surface area contributed by atoms with Crippen LogP contribution < -0.4 is 4.90 Å². The molecule has 0 bridgehead atoms. The molecule has 1 fully saturated rings. The first-order chi connectivity index (χ1) is 12.4. The minimum absolute atomic E-state index is 0.778. The molecule has 1 aromatic heterocycles. The topological polar surface area (TPSA) is 32.3 Å². The highest BCUT2D eigenvalue weighted by molar-refractivity contribution is 5.66. The van der Waals surface area contributed by atoms with Crippen LogP contribution in [0.1, 0.15) is 24.8 Å². The maximum Gasteiger partial charge on any atom is 0.225 e. The SMILES string of the molecule is C1=C(c2ccccc2)CC(CN2CCN(c3ncccn3)CC2)CC1. The van der Waals surface area contributed by atoms with Crippen LogP contribution in [0.4, 0.5) is 5.95 Å². The Labute approximate surface area is 150 Å². The molecule has 25 heavy (non-hydrogen) atoms. The van der Waals surface area contributed by atoms with E-state index in [9.17, 15) is 0 Å². The quantitative estimate of drug-likeness (QED) is 0.857. The lowest BCUT2D eigenvalue weighted by atomic mass is 9.85. The van der Waals surface area contributed by atoms with Gasteiger partial charge in [0.25, 0.3) is 0 Å². The number of benzene rings is 1. The van der Waals surface area contributed by atoms with Crippen molar-refractivity contribution in [1.82, 2.24) is 14.9 Å². The summed E-state index contributed by atoms with van der Waals surface area (Å²) < 4.78 is 0. The summed E-state index contributed by atoms with van der Waals surface area (Å²) in [5.74, 6) is 1.65. The number of nitrogens with zero attached hydrogens (tertiary/aromatic N) is 4. The molecule has 1 aliphatic carbocycles. The van der Waals surface area contributed by atoms with E-state index in [-0.39, 0.29) is 0 Å². The van der Waals surface area contributed by atoms with Crippen LogP contribution in [-0.4, -0.2) is 47.6 Å². The predicted molar refractivity (Wildman–Crippen MR) is 102 cm³/mol. The fraction of sp³-hybridized carbons (Fsp3) is 0.429. The van der Waals surface area contributed by atoms with Crippen molar-refractivity contribution in [2.45, 2.75) is 19.3 Å². The molecule has 130 valence electrons. The van der Waals surface area contributed by atoms with Crippen molar-refractivity contribution in [3.8, 4) is 0 Å². The summed E-state index contributed by atoms with van der Waals surface area (Å²) in [5.41, 5.74) is 2.94. The Morgan fingerprint density at radius 3 is 2.44 bits per heavy atom. The second-order valence-corrected chi connectivity index (χ2v) is 7.08. The number of anilines is 1. The number of piperazine rings is 1. The summed E-state index contributed by atoms with van der Waals surface area (Å²) in [6, 6.07) is 12.7. The van der Waals surface area contributed by atoms with E-state index in [0.29, 0.717) is 0 Å². The number of hydrogen-bond acceptors (Lipinski definition) is 4. The van der Waals surface area contributed by atoms with Gasteiger partial charge in [-0.2, -0.15) is 0 Å². The molecule has 1 unspecified atom stereocenters. The molecule has 4 nitrogen and oxygen atoms in total. The Morgan fingerprint density at radius 1 is 0.920 bits per heavy atom. The number of aromatic nitrogens is 2. The summed E-state index contributed by atoms with van der Waals surface area (Å²) in [7, 11) is 0. The van der Waals surface area contributed by atoms with Gasteiger partial charge in [0.1, 0.15) is 0 Å². The highest BCUT2D eigenvalue weighted by atomic mass is 15.3. The van der Waals surface area contributed by atoms with Crippen LogP contribution in [0.3, 0.4) is 0 Å². The first-order valence-corrected chi connectivity index (χ1v) is 9.37. The molecule has 0 saturated carbocycles. The van der Waals surface area contributed by atoms with Gasteiger partial charge in [-0.25, -0.2) is 9.97 Å². The Balaban J connectivity index is 1.30. The second kappa shape index (κ2) is 7.79. The summed E-state index contributed by atoms with van der Waals surface area (Å²) >= 11 is 0. The fourth-order valence-corrected chi connectivity index (χ4v) is 3.98. The summed E-state index contributed by atoms with van der Waals surface area (Å²) in [6.07, 6.45) is 9.84. The molecular weight excluding hydrogens is 308 g/mol.